The Balaban J connectivity index is 2.26. The van der Waals surface area contributed by atoms with Gasteiger partial charge in [-0.05, 0) is 23.8 Å². The van der Waals surface area contributed by atoms with E-state index in [0.29, 0.717) is 0 Å². The normalized spacial score (nSPS) is 10.8. The summed E-state index contributed by atoms with van der Waals surface area (Å²) >= 11 is 0. The van der Waals surface area contributed by atoms with Crippen molar-refractivity contribution in [1.82, 2.24) is 14.8 Å². The van der Waals surface area contributed by atoms with Gasteiger partial charge in [0, 0.05) is 0 Å². The molecule has 0 fully saturated rings. The monoisotopic (exact) mass is 254 g/mol. The fraction of sp³-hybridized carbons (Fsp3) is 0.0769. The van der Waals surface area contributed by atoms with E-state index in [9.17, 15) is 4.79 Å². The number of esters is 1. The summed E-state index contributed by atoms with van der Waals surface area (Å²) in [6.07, 6.45) is 4.50. The third-order valence-corrected chi connectivity index (χ3v) is 2.41. The lowest BCUT2D eigenvalue weighted by molar-refractivity contribution is -0.135. The van der Waals surface area contributed by atoms with Crippen LogP contribution in [0.25, 0.3) is 11.8 Å². The number of methoxy groups -OCH3 is 1. The number of carbonyl (C=O) groups is 1. The van der Waals surface area contributed by atoms with Gasteiger partial charge in [0.1, 0.15) is 24.3 Å². The number of carbonyl (C=O) groups excluding carboxylic acids is 1. The lowest BCUT2D eigenvalue weighted by atomic mass is 10.1. The number of nitrogens with zero attached hydrogens (tertiary/aromatic N) is 4. The second-order valence-corrected chi connectivity index (χ2v) is 3.59. The predicted molar refractivity (Wildman–Crippen MR) is 67.0 cm³/mol. The van der Waals surface area contributed by atoms with E-state index in [1.807, 2.05) is 12.1 Å². The van der Waals surface area contributed by atoms with Crippen LogP contribution in [0.5, 0.6) is 0 Å². The van der Waals surface area contributed by atoms with Crippen molar-refractivity contribution in [3.63, 3.8) is 0 Å². The van der Waals surface area contributed by atoms with Gasteiger partial charge in [0.25, 0.3) is 0 Å². The van der Waals surface area contributed by atoms with Crippen molar-refractivity contribution in [2.45, 2.75) is 0 Å². The molecule has 6 nitrogen and oxygen atoms in total. The van der Waals surface area contributed by atoms with Gasteiger partial charge in [-0.25, -0.2) is 14.5 Å². The maximum atomic E-state index is 11.3. The van der Waals surface area contributed by atoms with Crippen LogP contribution >= 0.6 is 0 Å². The molecule has 94 valence electrons. The molecular formula is C13H10N4O2. The lowest BCUT2D eigenvalue weighted by Gasteiger charge is -2.01. The zero-order chi connectivity index (χ0) is 13.7. The number of nitriles is 1. The average molecular weight is 254 g/mol. The Kier molecular flexibility index (Phi) is 3.69. The molecule has 0 radical (unpaired) electrons. The quantitative estimate of drug-likeness (QED) is 0.469. The molecule has 0 aliphatic rings. The third kappa shape index (κ3) is 2.84. The van der Waals surface area contributed by atoms with E-state index in [1.165, 1.54) is 19.5 Å². The van der Waals surface area contributed by atoms with Gasteiger partial charge in [0.05, 0.1) is 12.8 Å². The van der Waals surface area contributed by atoms with Gasteiger partial charge in [0.2, 0.25) is 0 Å². The van der Waals surface area contributed by atoms with Crippen LogP contribution in [-0.4, -0.2) is 27.8 Å². The lowest BCUT2D eigenvalue weighted by Crippen LogP contribution is -2.02. The second-order valence-electron chi connectivity index (χ2n) is 3.59. The number of hydrogen-bond donors (Lipinski definition) is 0. The Bertz CT molecular complexity index is 636. The van der Waals surface area contributed by atoms with Crippen molar-refractivity contribution in [3.05, 3.63) is 48.1 Å². The molecule has 1 aromatic heterocycles. The van der Waals surface area contributed by atoms with Crippen molar-refractivity contribution < 1.29 is 9.53 Å². The summed E-state index contributed by atoms with van der Waals surface area (Å²) in [5.41, 5.74) is 1.52. The van der Waals surface area contributed by atoms with Crippen molar-refractivity contribution in [1.29, 1.82) is 5.26 Å². The predicted octanol–water partition coefficient (Wildman–Crippen LogP) is 1.35. The first-order valence-corrected chi connectivity index (χ1v) is 5.40. The molecule has 0 aliphatic heterocycles. The molecule has 0 unspecified atom stereocenters. The van der Waals surface area contributed by atoms with Gasteiger partial charge >= 0.3 is 5.97 Å². The Morgan fingerprint density at radius 2 is 2.16 bits per heavy atom. The van der Waals surface area contributed by atoms with E-state index in [0.717, 1.165) is 11.3 Å². The standard InChI is InChI=1S/C13H10N4O2/c1-19-13(18)11(7-14)6-10-2-4-12(5-3-10)17-9-15-8-16-17/h2-6,8-9H,1H3. The Morgan fingerprint density at radius 3 is 2.68 bits per heavy atom. The van der Waals surface area contributed by atoms with E-state index in [2.05, 4.69) is 14.8 Å². The van der Waals surface area contributed by atoms with Crippen LogP contribution in [0.15, 0.2) is 42.5 Å². The molecule has 0 atom stereocenters. The number of ether oxygens (including phenoxy) is 1. The number of hydrogen-bond acceptors (Lipinski definition) is 5. The van der Waals surface area contributed by atoms with Crippen molar-refractivity contribution >= 4 is 12.0 Å². The minimum atomic E-state index is -0.650. The fourth-order valence-electron chi connectivity index (χ4n) is 1.48. The van der Waals surface area contributed by atoms with Crippen molar-refractivity contribution in [3.8, 4) is 11.8 Å². The third-order valence-electron chi connectivity index (χ3n) is 2.41. The second kappa shape index (κ2) is 5.60. The highest BCUT2D eigenvalue weighted by Gasteiger charge is 2.08. The van der Waals surface area contributed by atoms with Crippen LogP contribution in [-0.2, 0) is 9.53 Å². The summed E-state index contributed by atoms with van der Waals surface area (Å²) in [6, 6.07) is 8.98. The van der Waals surface area contributed by atoms with Gasteiger partial charge in [-0.2, -0.15) is 10.4 Å². The van der Waals surface area contributed by atoms with E-state index in [1.54, 1.807) is 29.2 Å². The summed E-state index contributed by atoms with van der Waals surface area (Å²) in [6.45, 7) is 0. The van der Waals surface area contributed by atoms with Crippen LogP contribution in [0.2, 0.25) is 0 Å². The Hall–Kier alpha value is -2.94. The molecule has 2 rings (SSSR count). The summed E-state index contributed by atoms with van der Waals surface area (Å²) in [5.74, 6) is -0.650. The average Bonchev–Trinajstić information content (AvgIpc) is 2.98. The molecule has 0 saturated heterocycles. The Labute approximate surface area is 109 Å². The van der Waals surface area contributed by atoms with Crippen molar-refractivity contribution in [2.75, 3.05) is 7.11 Å². The van der Waals surface area contributed by atoms with Gasteiger partial charge in [-0.15, -0.1) is 0 Å². The maximum absolute atomic E-state index is 11.3. The van der Waals surface area contributed by atoms with Crippen LogP contribution in [0.3, 0.4) is 0 Å². The molecule has 1 heterocycles. The summed E-state index contributed by atoms with van der Waals surface area (Å²) in [7, 11) is 1.24. The number of benzene rings is 1. The first-order chi connectivity index (χ1) is 9.24. The zero-order valence-electron chi connectivity index (χ0n) is 10.1. The molecule has 0 spiro atoms. The molecule has 19 heavy (non-hydrogen) atoms. The van der Waals surface area contributed by atoms with E-state index < -0.39 is 5.97 Å². The molecule has 0 amide bonds. The molecule has 0 aliphatic carbocycles. The highest BCUT2D eigenvalue weighted by Crippen LogP contribution is 2.11. The number of rotatable bonds is 3. The molecule has 2 aromatic rings. The summed E-state index contributed by atoms with van der Waals surface area (Å²) < 4.78 is 6.12. The summed E-state index contributed by atoms with van der Waals surface area (Å²) in [4.78, 5) is 15.1. The highest BCUT2D eigenvalue weighted by atomic mass is 16.5. The zero-order valence-corrected chi connectivity index (χ0v) is 10.1. The largest absolute Gasteiger partial charge is 0.465 e. The van der Waals surface area contributed by atoms with E-state index in [-0.39, 0.29) is 5.57 Å². The van der Waals surface area contributed by atoms with E-state index >= 15 is 0 Å². The van der Waals surface area contributed by atoms with Crippen LogP contribution in [0, 0.1) is 11.3 Å². The minimum absolute atomic E-state index is 0.0454. The molecule has 0 saturated carbocycles. The first-order valence-electron chi connectivity index (χ1n) is 5.40. The SMILES string of the molecule is COC(=O)C(C#N)=Cc1ccc(-n2cncn2)cc1. The summed E-state index contributed by atoms with van der Waals surface area (Å²) in [5, 5.41) is 12.9. The highest BCUT2D eigenvalue weighted by molar-refractivity contribution is 5.97. The Morgan fingerprint density at radius 1 is 1.42 bits per heavy atom. The maximum Gasteiger partial charge on any atom is 0.348 e. The minimum Gasteiger partial charge on any atom is -0.465 e. The first kappa shape index (κ1) is 12.5. The molecule has 0 bridgehead atoms. The van der Waals surface area contributed by atoms with Crippen LogP contribution < -0.4 is 0 Å². The number of aromatic nitrogens is 3. The van der Waals surface area contributed by atoms with Gasteiger partial charge in [0.15, 0.2) is 0 Å². The molecule has 1 aromatic carbocycles. The molecular weight excluding hydrogens is 244 g/mol. The van der Waals surface area contributed by atoms with Gasteiger partial charge in [-0.1, -0.05) is 12.1 Å². The van der Waals surface area contributed by atoms with Gasteiger partial charge in [-0.3, -0.25) is 0 Å². The topological polar surface area (TPSA) is 80.8 Å². The molecule has 0 N–H and O–H groups in total. The molecule has 6 heteroatoms. The van der Waals surface area contributed by atoms with Gasteiger partial charge < -0.3 is 4.74 Å². The fourth-order valence-corrected chi connectivity index (χ4v) is 1.48. The van der Waals surface area contributed by atoms with E-state index in [4.69, 9.17) is 5.26 Å². The van der Waals surface area contributed by atoms with Crippen molar-refractivity contribution in [2.24, 2.45) is 0 Å². The van der Waals surface area contributed by atoms with Crippen LogP contribution in [0.4, 0.5) is 0 Å². The van der Waals surface area contributed by atoms with Crippen LogP contribution in [0.1, 0.15) is 5.56 Å². The smallest absolute Gasteiger partial charge is 0.348 e.